The number of unbranched alkanes of at least 4 members (excludes halogenated alkanes) is 11. The Morgan fingerprint density at radius 2 is 1.33 bits per heavy atom. The predicted octanol–water partition coefficient (Wildman–Crippen LogP) is 5.38. The molecule has 1 rings (SSSR count). The molecule has 0 fully saturated rings. The molecule has 0 aliphatic heterocycles. The second kappa shape index (κ2) is 15.6. The summed E-state index contributed by atoms with van der Waals surface area (Å²) in [6, 6.07) is 0. The number of ether oxygens (including phenoxy) is 3. The van der Waals surface area contributed by atoms with E-state index in [1.54, 1.807) is 0 Å². The SMILES string of the molecule is CCCCCCCCCCCCCCC(OC(C)=O)C1(OC(C)=O)C(=O)C=CC1OC(C)=O. The second-order valence-electron chi connectivity index (χ2n) is 8.92. The average molecular weight is 467 g/mol. The molecule has 7 heteroatoms. The van der Waals surface area contributed by atoms with Gasteiger partial charge in [0.15, 0.2) is 12.2 Å². The first kappa shape index (κ1) is 28.9. The summed E-state index contributed by atoms with van der Waals surface area (Å²) in [5.74, 6) is -2.47. The molecule has 7 nitrogen and oxygen atoms in total. The Kier molecular flexibility index (Phi) is 13.7. The third-order valence-electron chi connectivity index (χ3n) is 5.94. The summed E-state index contributed by atoms with van der Waals surface area (Å²) in [5.41, 5.74) is -1.87. The lowest BCUT2D eigenvalue weighted by molar-refractivity contribution is -0.203. The topological polar surface area (TPSA) is 96.0 Å². The summed E-state index contributed by atoms with van der Waals surface area (Å²) >= 11 is 0. The lowest BCUT2D eigenvalue weighted by Gasteiger charge is -2.38. The molecule has 0 spiro atoms. The molecule has 1 aliphatic carbocycles. The van der Waals surface area contributed by atoms with E-state index in [0.29, 0.717) is 12.8 Å². The highest BCUT2D eigenvalue weighted by Crippen LogP contribution is 2.36. The molecule has 0 bridgehead atoms. The van der Waals surface area contributed by atoms with Gasteiger partial charge in [-0.2, -0.15) is 0 Å². The molecule has 0 N–H and O–H groups in total. The van der Waals surface area contributed by atoms with Crippen molar-refractivity contribution in [3.05, 3.63) is 12.2 Å². The van der Waals surface area contributed by atoms with Crippen LogP contribution in [0.5, 0.6) is 0 Å². The van der Waals surface area contributed by atoms with Crippen molar-refractivity contribution in [2.24, 2.45) is 0 Å². The van der Waals surface area contributed by atoms with E-state index in [-0.39, 0.29) is 0 Å². The number of rotatable bonds is 17. The van der Waals surface area contributed by atoms with Crippen molar-refractivity contribution in [3.8, 4) is 0 Å². The van der Waals surface area contributed by atoms with Gasteiger partial charge in [-0.05, 0) is 25.0 Å². The van der Waals surface area contributed by atoms with E-state index < -0.39 is 41.5 Å². The van der Waals surface area contributed by atoms with Gasteiger partial charge in [-0.25, -0.2) is 0 Å². The molecule has 0 radical (unpaired) electrons. The van der Waals surface area contributed by atoms with Crippen LogP contribution in [0.25, 0.3) is 0 Å². The molecule has 188 valence electrons. The van der Waals surface area contributed by atoms with Crippen molar-refractivity contribution in [3.63, 3.8) is 0 Å². The Morgan fingerprint density at radius 1 is 0.818 bits per heavy atom. The first-order valence-corrected chi connectivity index (χ1v) is 12.5. The molecular weight excluding hydrogens is 424 g/mol. The maximum atomic E-state index is 12.8. The van der Waals surface area contributed by atoms with Gasteiger partial charge in [-0.1, -0.05) is 77.6 Å². The predicted molar refractivity (Wildman–Crippen MR) is 125 cm³/mol. The molecule has 0 saturated heterocycles. The highest BCUT2D eigenvalue weighted by atomic mass is 16.6. The van der Waals surface area contributed by atoms with Crippen molar-refractivity contribution < 1.29 is 33.4 Å². The number of hydrogen-bond acceptors (Lipinski definition) is 7. The van der Waals surface area contributed by atoms with Crippen molar-refractivity contribution >= 4 is 23.7 Å². The summed E-state index contributed by atoms with van der Waals surface area (Å²) in [7, 11) is 0. The fourth-order valence-electron chi connectivity index (χ4n) is 4.38. The molecule has 1 aliphatic rings. The van der Waals surface area contributed by atoms with Crippen LogP contribution in [0.1, 0.15) is 111 Å². The molecule has 0 aromatic carbocycles. The van der Waals surface area contributed by atoms with Crippen LogP contribution in [0.15, 0.2) is 12.2 Å². The maximum absolute atomic E-state index is 12.8. The Labute approximate surface area is 198 Å². The van der Waals surface area contributed by atoms with E-state index in [0.717, 1.165) is 19.3 Å². The standard InChI is InChI=1S/C26H42O7/c1-5-6-7-8-9-10-11-12-13-14-15-16-17-24(31-20(2)27)26(33-22(4)29)23(30)18-19-25(26)32-21(3)28/h18-19,24-25H,5-17H2,1-4H3. The van der Waals surface area contributed by atoms with E-state index in [1.807, 2.05) is 0 Å². The summed E-state index contributed by atoms with van der Waals surface area (Å²) in [4.78, 5) is 48.1. The van der Waals surface area contributed by atoms with Crippen molar-refractivity contribution in [2.75, 3.05) is 0 Å². The molecule has 0 aromatic rings. The van der Waals surface area contributed by atoms with Crippen LogP contribution >= 0.6 is 0 Å². The highest BCUT2D eigenvalue weighted by Gasteiger charge is 2.59. The van der Waals surface area contributed by atoms with Gasteiger partial charge in [0, 0.05) is 20.8 Å². The molecule has 0 aromatic heterocycles. The second-order valence-corrected chi connectivity index (χ2v) is 8.92. The fraction of sp³-hybridized carbons (Fsp3) is 0.769. The Bertz CT molecular complexity index is 670. The largest absolute Gasteiger partial charge is 0.458 e. The van der Waals surface area contributed by atoms with Gasteiger partial charge in [0.25, 0.3) is 0 Å². The number of esters is 3. The van der Waals surface area contributed by atoms with Gasteiger partial charge >= 0.3 is 17.9 Å². The van der Waals surface area contributed by atoms with Gasteiger partial charge in [-0.3, -0.25) is 19.2 Å². The molecule has 3 atom stereocenters. The number of carbonyl (C=O) groups is 4. The Hall–Kier alpha value is -2.18. The van der Waals surface area contributed by atoms with Crippen LogP contribution in [-0.2, 0) is 33.4 Å². The molecule has 3 unspecified atom stereocenters. The number of hydrogen-bond donors (Lipinski definition) is 0. The first-order valence-electron chi connectivity index (χ1n) is 12.5. The van der Waals surface area contributed by atoms with Crippen LogP contribution in [0.4, 0.5) is 0 Å². The van der Waals surface area contributed by atoms with E-state index in [4.69, 9.17) is 14.2 Å². The normalized spacial score (nSPS) is 20.5. The lowest BCUT2D eigenvalue weighted by atomic mass is 9.86. The zero-order chi connectivity index (χ0) is 24.7. The van der Waals surface area contributed by atoms with Crippen LogP contribution in [0.2, 0.25) is 0 Å². The fourth-order valence-corrected chi connectivity index (χ4v) is 4.38. The molecular formula is C26H42O7. The zero-order valence-electron chi connectivity index (χ0n) is 20.9. The van der Waals surface area contributed by atoms with E-state index in [9.17, 15) is 19.2 Å². The zero-order valence-corrected chi connectivity index (χ0v) is 20.9. The van der Waals surface area contributed by atoms with Crippen molar-refractivity contribution in [1.29, 1.82) is 0 Å². The van der Waals surface area contributed by atoms with Crippen LogP contribution in [0.3, 0.4) is 0 Å². The van der Waals surface area contributed by atoms with E-state index >= 15 is 0 Å². The quantitative estimate of drug-likeness (QED) is 0.161. The van der Waals surface area contributed by atoms with Crippen molar-refractivity contribution in [2.45, 2.75) is 129 Å². The lowest BCUT2D eigenvalue weighted by Crippen LogP contribution is -2.59. The first-order chi connectivity index (χ1) is 15.7. The summed E-state index contributed by atoms with van der Waals surface area (Å²) in [6.45, 7) is 5.85. The van der Waals surface area contributed by atoms with Gasteiger partial charge < -0.3 is 14.2 Å². The molecule has 33 heavy (non-hydrogen) atoms. The molecule has 0 saturated carbocycles. The third kappa shape index (κ3) is 10.1. The Morgan fingerprint density at radius 3 is 1.79 bits per heavy atom. The van der Waals surface area contributed by atoms with Gasteiger partial charge in [0.1, 0.15) is 0 Å². The van der Waals surface area contributed by atoms with E-state index in [2.05, 4.69) is 6.92 Å². The van der Waals surface area contributed by atoms with Crippen LogP contribution in [0, 0.1) is 0 Å². The van der Waals surface area contributed by atoms with Crippen LogP contribution in [-0.4, -0.2) is 41.5 Å². The highest BCUT2D eigenvalue weighted by molar-refractivity contribution is 6.03. The minimum atomic E-state index is -1.87. The van der Waals surface area contributed by atoms with Gasteiger partial charge in [-0.15, -0.1) is 0 Å². The third-order valence-corrected chi connectivity index (χ3v) is 5.94. The van der Waals surface area contributed by atoms with Crippen LogP contribution < -0.4 is 0 Å². The molecule has 0 amide bonds. The number of carbonyl (C=O) groups excluding carboxylic acids is 4. The smallest absolute Gasteiger partial charge is 0.303 e. The maximum Gasteiger partial charge on any atom is 0.303 e. The number of ketones is 1. The van der Waals surface area contributed by atoms with Gasteiger partial charge in [0.05, 0.1) is 0 Å². The average Bonchev–Trinajstić information content (AvgIpc) is 3.02. The van der Waals surface area contributed by atoms with Gasteiger partial charge in [0.2, 0.25) is 11.4 Å². The monoisotopic (exact) mass is 466 g/mol. The summed E-state index contributed by atoms with van der Waals surface area (Å²) in [5, 5.41) is 0. The summed E-state index contributed by atoms with van der Waals surface area (Å²) in [6.07, 6.45) is 14.9. The summed E-state index contributed by atoms with van der Waals surface area (Å²) < 4.78 is 16.2. The van der Waals surface area contributed by atoms with E-state index in [1.165, 1.54) is 84.3 Å². The minimum absolute atomic E-state index is 0.329. The molecule has 0 heterocycles. The minimum Gasteiger partial charge on any atom is -0.458 e. The Balaban J connectivity index is 2.59. The van der Waals surface area contributed by atoms with Crippen molar-refractivity contribution in [1.82, 2.24) is 0 Å².